The lowest BCUT2D eigenvalue weighted by Gasteiger charge is -2.10. The Morgan fingerprint density at radius 1 is 1.23 bits per heavy atom. The molecule has 72 valence electrons. The van der Waals surface area contributed by atoms with Gasteiger partial charge in [-0.3, -0.25) is 0 Å². The van der Waals surface area contributed by atoms with Crippen LogP contribution in [-0.2, 0) is 6.42 Å². The summed E-state index contributed by atoms with van der Waals surface area (Å²) in [5, 5.41) is 0. The number of hydrogen-bond acceptors (Lipinski definition) is 1. The van der Waals surface area contributed by atoms with Gasteiger partial charge in [0.25, 0.3) is 0 Å². The summed E-state index contributed by atoms with van der Waals surface area (Å²) in [4.78, 5) is 0. The van der Waals surface area contributed by atoms with E-state index in [4.69, 9.17) is 0 Å². The van der Waals surface area contributed by atoms with Gasteiger partial charge in [-0.05, 0) is 35.6 Å². The monoisotopic (exact) mass is 194 g/mol. The molecule has 0 aromatic heterocycles. The van der Waals surface area contributed by atoms with Gasteiger partial charge in [-0.1, -0.05) is 38.1 Å². The van der Waals surface area contributed by atoms with Gasteiger partial charge in [0.05, 0.1) is 0 Å². The molecule has 13 heavy (non-hydrogen) atoms. The molecule has 0 heterocycles. The van der Waals surface area contributed by atoms with Gasteiger partial charge < -0.3 is 0 Å². The third-order valence-electron chi connectivity index (χ3n) is 2.52. The molecule has 1 unspecified atom stereocenters. The fourth-order valence-corrected chi connectivity index (χ4v) is 1.83. The van der Waals surface area contributed by atoms with E-state index in [-0.39, 0.29) is 0 Å². The predicted molar refractivity (Wildman–Crippen MR) is 62.7 cm³/mol. The topological polar surface area (TPSA) is 0 Å². The number of hydrogen-bond donors (Lipinski definition) is 1. The molecule has 0 saturated carbocycles. The molecule has 1 aromatic carbocycles. The van der Waals surface area contributed by atoms with Crippen LogP contribution >= 0.6 is 12.6 Å². The van der Waals surface area contributed by atoms with Gasteiger partial charge in [0, 0.05) is 0 Å². The third-order valence-corrected chi connectivity index (χ3v) is 2.78. The second-order valence-corrected chi connectivity index (χ2v) is 3.96. The number of aryl methyl sites for hydroxylation is 1. The molecule has 0 aliphatic carbocycles. The van der Waals surface area contributed by atoms with E-state index in [1.54, 1.807) is 0 Å². The Balaban J connectivity index is 2.67. The van der Waals surface area contributed by atoms with Crippen LogP contribution in [0.2, 0.25) is 0 Å². The van der Waals surface area contributed by atoms with Crippen molar-refractivity contribution >= 4 is 12.6 Å². The minimum Gasteiger partial charge on any atom is -0.179 e. The maximum absolute atomic E-state index is 4.25. The quantitative estimate of drug-likeness (QED) is 0.695. The Morgan fingerprint density at radius 2 is 1.85 bits per heavy atom. The van der Waals surface area contributed by atoms with Crippen molar-refractivity contribution in [3.63, 3.8) is 0 Å². The highest BCUT2D eigenvalue weighted by Gasteiger charge is 2.03. The highest BCUT2D eigenvalue weighted by molar-refractivity contribution is 7.80. The normalized spacial score (nSPS) is 12.8. The standard InChI is InChI=1S/C12H18S/c1-3-11-4-6-12(7-5-11)10(2)8-9-13/h4-7,10,13H,3,8-9H2,1-2H3. The van der Waals surface area contributed by atoms with Crippen LogP contribution in [0.15, 0.2) is 24.3 Å². The van der Waals surface area contributed by atoms with Crippen molar-refractivity contribution in [2.24, 2.45) is 0 Å². The van der Waals surface area contributed by atoms with Crippen LogP contribution in [0.1, 0.15) is 37.3 Å². The van der Waals surface area contributed by atoms with Crippen molar-refractivity contribution < 1.29 is 0 Å². The average molecular weight is 194 g/mol. The minimum atomic E-state index is 0.642. The molecule has 0 saturated heterocycles. The highest BCUT2D eigenvalue weighted by atomic mass is 32.1. The molecule has 0 radical (unpaired) electrons. The average Bonchev–Trinajstić information content (AvgIpc) is 2.18. The molecule has 0 N–H and O–H groups in total. The van der Waals surface area contributed by atoms with Crippen LogP contribution in [0, 0.1) is 0 Å². The lowest BCUT2D eigenvalue weighted by Crippen LogP contribution is -1.94. The van der Waals surface area contributed by atoms with Crippen molar-refractivity contribution in [1.82, 2.24) is 0 Å². The van der Waals surface area contributed by atoms with E-state index in [9.17, 15) is 0 Å². The van der Waals surface area contributed by atoms with Crippen LogP contribution in [0.25, 0.3) is 0 Å². The van der Waals surface area contributed by atoms with Crippen molar-refractivity contribution in [2.75, 3.05) is 5.75 Å². The molecule has 1 heteroatoms. The van der Waals surface area contributed by atoms with Crippen LogP contribution in [0.3, 0.4) is 0 Å². The fraction of sp³-hybridized carbons (Fsp3) is 0.500. The Bertz CT molecular complexity index is 238. The molecule has 0 amide bonds. The van der Waals surface area contributed by atoms with Gasteiger partial charge >= 0.3 is 0 Å². The summed E-state index contributed by atoms with van der Waals surface area (Å²) in [7, 11) is 0. The maximum Gasteiger partial charge on any atom is -0.00922 e. The highest BCUT2D eigenvalue weighted by Crippen LogP contribution is 2.19. The molecule has 0 bridgehead atoms. The van der Waals surface area contributed by atoms with Crippen molar-refractivity contribution in [2.45, 2.75) is 32.6 Å². The summed E-state index contributed by atoms with van der Waals surface area (Å²) >= 11 is 4.25. The molecular weight excluding hydrogens is 176 g/mol. The molecule has 1 aromatic rings. The summed E-state index contributed by atoms with van der Waals surface area (Å²) in [6, 6.07) is 8.94. The summed E-state index contributed by atoms with van der Waals surface area (Å²) < 4.78 is 0. The Labute approximate surface area is 86.8 Å². The first-order valence-electron chi connectivity index (χ1n) is 4.97. The minimum absolute atomic E-state index is 0.642. The Morgan fingerprint density at radius 3 is 2.31 bits per heavy atom. The number of thiol groups is 1. The number of rotatable bonds is 4. The molecule has 0 nitrogen and oxygen atoms in total. The van der Waals surface area contributed by atoms with Crippen LogP contribution in [-0.4, -0.2) is 5.75 Å². The molecule has 0 fully saturated rings. The van der Waals surface area contributed by atoms with Crippen LogP contribution < -0.4 is 0 Å². The summed E-state index contributed by atoms with van der Waals surface area (Å²) in [6.07, 6.45) is 2.29. The fourth-order valence-electron chi connectivity index (χ4n) is 1.44. The van der Waals surface area contributed by atoms with Gasteiger partial charge in [0.1, 0.15) is 0 Å². The molecule has 0 aliphatic heterocycles. The van der Waals surface area contributed by atoms with E-state index < -0.39 is 0 Å². The van der Waals surface area contributed by atoms with Crippen molar-refractivity contribution in [3.8, 4) is 0 Å². The van der Waals surface area contributed by atoms with Gasteiger partial charge in [-0.15, -0.1) is 0 Å². The molecule has 1 atom stereocenters. The second kappa shape index (κ2) is 5.33. The molecular formula is C12H18S. The smallest absolute Gasteiger partial charge is 0.00922 e. The summed E-state index contributed by atoms with van der Waals surface area (Å²) in [5.41, 5.74) is 2.85. The summed E-state index contributed by atoms with van der Waals surface area (Å²) in [5.74, 6) is 1.61. The van der Waals surface area contributed by atoms with Gasteiger partial charge in [0.2, 0.25) is 0 Å². The van der Waals surface area contributed by atoms with E-state index >= 15 is 0 Å². The lowest BCUT2D eigenvalue weighted by atomic mass is 9.97. The second-order valence-electron chi connectivity index (χ2n) is 3.51. The van der Waals surface area contributed by atoms with E-state index in [1.807, 2.05) is 0 Å². The Hall–Kier alpha value is -0.430. The van der Waals surface area contributed by atoms with E-state index in [2.05, 4.69) is 50.7 Å². The first kappa shape index (κ1) is 10.6. The van der Waals surface area contributed by atoms with Crippen molar-refractivity contribution in [3.05, 3.63) is 35.4 Å². The number of benzene rings is 1. The first-order chi connectivity index (χ1) is 6.27. The van der Waals surface area contributed by atoms with E-state index in [1.165, 1.54) is 11.1 Å². The zero-order valence-electron chi connectivity index (χ0n) is 8.46. The molecule has 1 rings (SSSR count). The predicted octanol–water partition coefficient (Wildman–Crippen LogP) is 3.67. The first-order valence-corrected chi connectivity index (χ1v) is 5.60. The zero-order chi connectivity index (χ0) is 9.68. The van der Waals surface area contributed by atoms with Gasteiger partial charge in [-0.2, -0.15) is 12.6 Å². The zero-order valence-corrected chi connectivity index (χ0v) is 9.35. The SMILES string of the molecule is CCc1ccc(C(C)CCS)cc1. The van der Waals surface area contributed by atoms with Gasteiger partial charge in [0.15, 0.2) is 0 Å². The van der Waals surface area contributed by atoms with E-state index in [0.29, 0.717) is 5.92 Å². The lowest BCUT2D eigenvalue weighted by molar-refractivity contribution is 0.741. The van der Waals surface area contributed by atoms with Crippen molar-refractivity contribution in [1.29, 1.82) is 0 Å². The van der Waals surface area contributed by atoms with E-state index in [0.717, 1.165) is 18.6 Å². The maximum atomic E-state index is 4.25. The third kappa shape index (κ3) is 3.07. The van der Waals surface area contributed by atoms with Gasteiger partial charge in [-0.25, -0.2) is 0 Å². The summed E-state index contributed by atoms with van der Waals surface area (Å²) in [6.45, 7) is 4.45. The Kier molecular flexibility index (Phi) is 4.37. The largest absolute Gasteiger partial charge is 0.179 e. The molecule has 0 aliphatic rings. The van der Waals surface area contributed by atoms with Crippen LogP contribution in [0.5, 0.6) is 0 Å². The van der Waals surface area contributed by atoms with Crippen LogP contribution in [0.4, 0.5) is 0 Å². The molecule has 0 spiro atoms.